The number of nitrogens with one attached hydrogen (secondary N) is 2. The van der Waals surface area contributed by atoms with E-state index in [4.69, 9.17) is 22.0 Å². The Bertz CT molecular complexity index is 1350. The molecule has 0 atom stereocenters. The predicted molar refractivity (Wildman–Crippen MR) is 124 cm³/mol. The Balaban J connectivity index is 1.84. The first-order valence-corrected chi connectivity index (χ1v) is 11.5. The van der Waals surface area contributed by atoms with Gasteiger partial charge >= 0.3 is 5.97 Å². The number of nitrogens with zero attached hydrogens (tertiary/aromatic N) is 1. The van der Waals surface area contributed by atoms with Crippen molar-refractivity contribution in [1.82, 2.24) is 0 Å². The lowest BCUT2D eigenvalue weighted by atomic mass is 10.1. The van der Waals surface area contributed by atoms with E-state index >= 15 is 0 Å². The second-order valence-corrected chi connectivity index (χ2v) is 9.10. The number of sulfonamides is 1. The topological polar surface area (TPSA) is 136 Å². The summed E-state index contributed by atoms with van der Waals surface area (Å²) in [6.07, 6.45) is 0.211. The average Bonchev–Trinajstić information content (AvgIpc) is 2.79. The second-order valence-electron chi connectivity index (χ2n) is 6.98. The lowest BCUT2D eigenvalue weighted by Gasteiger charge is -2.14. The molecule has 0 unspecified atom stereocenters. The molecule has 0 saturated heterocycles. The third kappa shape index (κ3) is 6.32. The lowest BCUT2D eigenvalue weighted by molar-refractivity contribution is -0.136. The van der Waals surface area contributed by atoms with Gasteiger partial charge in [-0.15, -0.1) is 0 Å². The molecular formula is C23H18ClN3O5S. The van der Waals surface area contributed by atoms with Crippen LogP contribution in [0.25, 0.3) is 0 Å². The van der Waals surface area contributed by atoms with Crippen LogP contribution < -0.4 is 10.0 Å². The Labute approximate surface area is 195 Å². The summed E-state index contributed by atoms with van der Waals surface area (Å²) in [5.41, 5.74) is 1.41. The molecule has 0 bridgehead atoms. The fourth-order valence-electron chi connectivity index (χ4n) is 2.95. The minimum atomic E-state index is -4.05. The highest BCUT2D eigenvalue weighted by Gasteiger charge is 2.20. The number of carbonyl (C=O) groups excluding carboxylic acids is 1. The van der Waals surface area contributed by atoms with Gasteiger partial charge in [0.2, 0.25) is 0 Å². The van der Waals surface area contributed by atoms with Gasteiger partial charge in [0.15, 0.2) is 0 Å². The van der Waals surface area contributed by atoms with Crippen molar-refractivity contribution < 1.29 is 23.1 Å². The van der Waals surface area contributed by atoms with Gasteiger partial charge in [0.05, 0.1) is 27.8 Å². The van der Waals surface area contributed by atoms with Crippen LogP contribution in [-0.2, 0) is 21.2 Å². The monoisotopic (exact) mass is 483 g/mol. The van der Waals surface area contributed by atoms with Crippen molar-refractivity contribution in [3.05, 3.63) is 88.4 Å². The molecular weight excluding hydrogens is 466 g/mol. The number of carboxylic acids is 1. The van der Waals surface area contributed by atoms with Crippen molar-refractivity contribution in [2.45, 2.75) is 17.7 Å². The van der Waals surface area contributed by atoms with Crippen LogP contribution in [0.15, 0.2) is 71.6 Å². The number of nitriles is 1. The zero-order valence-corrected chi connectivity index (χ0v) is 18.7. The van der Waals surface area contributed by atoms with E-state index in [-0.39, 0.29) is 34.0 Å². The average molecular weight is 484 g/mol. The Morgan fingerprint density at radius 2 is 1.76 bits per heavy atom. The summed E-state index contributed by atoms with van der Waals surface area (Å²) in [6, 6.07) is 18.2. The summed E-state index contributed by atoms with van der Waals surface area (Å²) < 4.78 is 28.1. The largest absolute Gasteiger partial charge is 0.481 e. The molecule has 3 rings (SSSR count). The summed E-state index contributed by atoms with van der Waals surface area (Å²) in [4.78, 5) is 23.5. The van der Waals surface area contributed by atoms with E-state index in [0.717, 1.165) is 0 Å². The molecule has 3 N–H and O–H groups in total. The fraction of sp³-hybridized carbons (Fsp3) is 0.0870. The normalized spacial score (nSPS) is 10.8. The first-order chi connectivity index (χ1) is 15.7. The second kappa shape index (κ2) is 10.2. The number of rotatable bonds is 8. The van der Waals surface area contributed by atoms with Crippen molar-refractivity contribution in [2.75, 3.05) is 10.0 Å². The van der Waals surface area contributed by atoms with Crippen LogP contribution in [0.3, 0.4) is 0 Å². The summed E-state index contributed by atoms with van der Waals surface area (Å²) in [5.74, 6) is -1.56. The molecule has 0 radical (unpaired) electrons. The van der Waals surface area contributed by atoms with Gasteiger partial charge in [-0.2, -0.15) is 5.26 Å². The molecule has 10 heteroatoms. The molecule has 0 fully saturated rings. The molecule has 3 aromatic carbocycles. The summed E-state index contributed by atoms with van der Waals surface area (Å²) in [7, 11) is -4.05. The summed E-state index contributed by atoms with van der Waals surface area (Å²) in [6.45, 7) is 0. The Morgan fingerprint density at radius 1 is 1.03 bits per heavy atom. The molecule has 0 spiro atoms. The predicted octanol–water partition coefficient (Wildman–Crippen LogP) is 4.28. The van der Waals surface area contributed by atoms with E-state index < -0.39 is 21.9 Å². The number of carbonyl (C=O) groups is 2. The molecule has 168 valence electrons. The maximum absolute atomic E-state index is 12.9. The van der Waals surface area contributed by atoms with Crippen LogP contribution in [0.4, 0.5) is 11.4 Å². The van der Waals surface area contributed by atoms with Crippen molar-refractivity contribution in [1.29, 1.82) is 5.26 Å². The van der Waals surface area contributed by atoms with Crippen molar-refractivity contribution in [2.24, 2.45) is 0 Å². The third-order valence-electron chi connectivity index (χ3n) is 4.58. The summed E-state index contributed by atoms with van der Waals surface area (Å²) >= 11 is 6.03. The van der Waals surface area contributed by atoms with Crippen molar-refractivity contribution in [3.63, 3.8) is 0 Å². The van der Waals surface area contributed by atoms with Crippen LogP contribution in [0.5, 0.6) is 0 Å². The molecule has 0 aliphatic carbocycles. The highest BCUT2D eigenvalue weighted by molar-refractivity contribution is 7.92. The van der Waals surface area contributed by atoms with Gasteiger partial charge in [0.25, 0.3) is 15.9 Å². The SMILES string of the molecule is N#Cc1cccc(NC(=O)c2cc(Cl)ccc2NS(=O)(=O)c2ccc(CCC(=O)O)cc2)c1. The first-order valence-electron chi connectivity index (χ1n) is 9.62. The van der Waals surface area contributed by atoms with E-state index in [1.54, 1.807) is 18.2 Å². The van der Waals surface area contributed by atoms with Gasteiger partial charge in [-0.05, 0) is 60.5 Å². The van der Waals surface area contributed by atoms with Crippen molar-refractivity contribution >= 4 is 44.9 Å². The van der Waals surface area contributed by atoms with E-state index in [1.165, 1.54) is 48.5 Å². The number of carboxylic acid groups (broad SMARTS) is 1. The van der Waals surface area contributed by atoms with E-state index in [0.29, 0.717) is 16.8 Å². The smallest absolute Gasteiger partial charge is 0.303 e. The number of aliphatic carboxylic acids is 1. The zero-order valence-electron chi connectivity index (χ0n) is 17.1. The molecule has 0 aliphatic heterocycles. The number of aryl methyl sites for hydroxylation is 1. The molecule has 3 aromatic rings. The van der Waals surface area contributed by atoms with Gasteiger partial charge in [-0.1, -0.05) is 29.8 Å². The number of anilines is 2. The first kappa shape index (κ1) is 23.8. The molecule has 0 saturated carbocycles. The van der Waals surface area contributed by atoms with E-state index in [2.05, 4.69) is 10.0 Å². The summed E-state index contributed by atoms with van der Waals surface area (Å²) in [5, 5.41) is 20.6. The third-order valence-corrected chi connectivity index (χ3v) is 6.20. The lowest BCUT2D eigenvalue weighted by Crippen LogP contribution is -2.18. The Morgan fingerprint density at radius 3 is 2.42 bits per heavy atom. The highest BCUT2D eigenvalue weighted by atomic mass is 35.5. The number of halogens is 1. The number of hydrogen-bond acceptors (Lipinski definition) is 5. The number of amides is 1. The minimum Gasteiger partial charge on any atom is -0.481 e. The standard InChI is InChI=1S/C23H18ClN3O5S/c24-17-7-10-21(20(13-17)23(30)26-18-3-1-2-16(12-18)14-25)27-33(31,32)19-8-4-15(5-9-19)6-11-22(28)29/h1-5,7-10,12-13,27H,6,11H2,(H,26,30)(H,28,29). The molecule has 0 aromatic heterocycles. The van der Waals surface area contributed by atoms with Gasteiger partial charge in [0, 0.05) is 17.1 Å². The fourth-order valence-corrected chi connectivity index (χ4v) is 4.20. The van der Waals surface area contributed by atoms with Crippen LogP contribution in [-0.4, -0.2) is 25.4 Å². The van der Waals surface area contributed by atoms with Gasteiger partial charge in [-0.25, -0.2) is 8.42 Å². The molecule has 0 aliphatic rings. The van der Waals surface area contributed by atoms with Crippen LogP contribution >= 0.6 is 11.6 Å². The van der Waals surface area contributed by atoms with Crippen LogP contribution in [0.2, 0.25) is 5.02 Å². The maximum Gasteiger partial charge on any atom is 0.303 e. The zero-order chi connectivity index (χ0) is 24.0. The van der Waals surface area contributed by atoms with Crippen molar-refractivity contribution in [3.8, 4) is 6.07 Å². The molecule has 0 heterocycles. The Kier molecular flexibility index (Phi) is 7.33. The highest BCUT2D eigenvalue weighted by Crippen LogP contribution is 2.25. The van der Waals surface area contributed by atoms with Gasteiger partial charge in [-0.3, -0.25) is 14.3 Å². The van der Waals surface area contributed by atoms with Crippen LogP contribution in [0.1, 0.15) is 27.9 Å². The van der Waals surface area contributed by atoms with Crippen LogP contribution in [0, 0.1) is 11.3 Å². The van der Waals surface area contributed by atoms with Gasteiger partial charge < -0.3 is 10.4 Å². The molecule has 33 heavy (non-hydrogen) atoms. The molecule has 8 nitrogen and oxygen atoms in total. The minimum absolute atomic E-state index is 0.00786. The van der Waals surface area contributed by atoms with Gasteiger partial charge in [0.1, 0.15) is 0 Å². The van der Waals surface area contributed by atoms with E-state index in [9.17, 15) is 18.0 Å². The number of hydrogen-bond donors (Lipinski definition) is 3. The molecule has 1 amide bonds. The Hall–Kier alpha value is -3.87. The quantitative estimate of drug-likeness (QED) is 0.437. The van der Waals surface area contributed by atoms with E-state index in [1.807, 2.05) is 6.07 Å². The maximum atomic E-state index is 12.9. The number of benzene rings is 3.